The van der Waals surface area contributed by atoms with E-state index in [4.69, 9.17) is 5.73 Å². The highest BCUT2D eigenvalue weighted by Crippen LogP contribution is 2.26. The van der Waals surface area contributed by atoms with Gasteiger partial charge in [0.05, 0.1) is 27.5 Å². The van der Waals surface area contributed by atoms with Crippen LogP contribution >= 0.6 is 0 Å². The van der Waals surface area contributed by atoms with Gasteiger partial charge in [0.25, 0.3) is 0 Å². The molecule has 0 saturated carbocycles. The maximum atomic E-state index is 13.4. The summed E-state index contributed by atoms with van der Waals surface area (Å²) in [6, 6.07) is 7.83. The molecule has 118 valence electrons. The summed E-state index contributed by atoms with van der Waals surface area (Å²) < 4.78 is 28.5. The van der Waals surface area contributed by atoms with Crippen LogP contribution in [0.2, 0.25) is 0 Å². The van der Waals surface area contributed by atoms with Crippen molar-refractivity contribution in [1.82, 2.24) is 9.71 Å². The Balaban J connectivity index is 2.42. The molecule has 22 heavy (non-hydrogen) atoms. The molecular weight excluding hydrogens is 301 g/mol. The summed E-state index contributed by atoms with van der Waals surface area (Å²) in [5.41, 5.74) is 7.37. The van der Waals surface area contributed by atoms with E-state index in [1.54, 1.807) is 24.5 Å². The quantitative estimate of drug-likeness (QED) is 0.851. The summed E-state index contributed by atoms with van der Waals surface area (Å²) in [4.78, 5) is 3.99. The van der Waals surface area contributed by atoms with Crippen LogP contribution in [0.4, 0.5) is 10.1 Å². The van der Waals surface area contributed by atoms with Gasteiger partial charge >= 0.3 is 0 Å². The number of nitrogens with zero attached hydrogens (tertiary/aromatic N) is 1. The largest absolute Gasteiger partial charge is 0.396 e. The van der Waals surface area contributed by atoms with Crippen LogP contribution in [0.25, 0.3) is 0 Å². The number of hydrogen-bond acceptors (Lipinski definition) is 3. The van der Waals surface area contributed by atoms with E-state index in [-0.39, 0.29) is 11.7 Å². The lowest BCUT2D eigenvalue weighted by Crippen LogP contribution is -2.36. The summed E-state index contributed by atoms with van der Waals surface area (Å²) >= 11 is 0. The van der Waals surface area contributed by atoms with E-state index in [9.17, 15) is 8.60 Å². The SMILES string of the molecule is CC(C)(C)S(=O)N[C@H](c1ccncc1)c1ccc(F)c(N)c1. The second-order valence-corrected chi connectivity index (χ2v) is 7.99. The third kappa shape index (κ3) is 3.90. The fourth-order valence-corrected chi connectivity index (χ4v) is 2.75. The minimum Gasteiger partial charge on any atom is -0.396 e. The average Bonchev–Trinajstić information content (AvgIpc) is 2.47. The minimum absolute atomic E-state index is 0.0693. The molecule has 0 aliphatic rings. The van der Waals surface area contributed by atoms with E-state index in [1.807, 2.05) is 32.9 Å². The highest BCUT2D eigenvalue weighted by atomic mass is 32.2. The van der Waals surface area contributed by atoms with Crippen molar-refractivity contribution in [2.75, 3.05) is 5.73 Å². The number of benzene rings is 1. The monoisotopic (exact) mass is 321 g/mol. The maximum absolute atomic E-state index is 13.4. The van der Waals surface area contributed by atoms with Crippen LogP contribution in [-0.4, -0.2) is 13.9 Å². The van der Waals surface area contributed by atoms with Gasteiger partial charge in [-0.1, -0.05) is 6.07 Å². The Hall–Kier alpha value is -1.79. The van der Waals surface area contributed by atoms with Crippen LogP contribution in [0.15, 0.2) is 42.7 Å². The first-order valence-corrected chi connectivity index (χ1v) is 8.07. The lowest BCUT2D eigenvalue weighted by Gasteiger charge is -2.25. The van der Waals surface area contributed by atoms with Gasteiger partial charge in [0.15, 0.2) is 0 Å². The van der Waals surface area contributed by atoms with Crippen molar-refractivity contribution in [1.29, 1.82) is 0 Å². The predicted molar refractivity (Wildman–Crippen MR) is 87.9 cm³/mol. The van der Waals surface area contributed by atoms with Gasteiger partial charge in [0, 0.05) is 12.4 Å². The normalized spacial score (nSPS) is 14.5. The standard InChI is InChI=1S/C16H20FN3OS/c1-16(2,3)22(21)20-15(11-6-8-19-9-7-11)12-4-5-13(17)14(18)10-12/h4-10,15,20H,18H2,1-3H3/t15-,22?/m1/s1. The van der Waals surface area contributed by atoms with E-state index >= 15 is 0 Å². The van der Waals surface area contributed by atoms with Crippen LogP contribution in [0.3, 0.4) is 0 Å². The molecule has 4 nitrogen and oxygen atoms in total. The number of aromatic nitrogens is 1. The number of halogens is 1. The van der Waals surface area contributed by atoms with Crippen LogP contribution in [0.5, 0.6) is 0 Å². The third-order valence-corrected chi connectivity index (χ3v) is 4.74. The lowest BCUT2D eigenvalue weighted by molar-refractivity contribution is 0.620. The molecule has 1 unspecified atom stereocenters. The Morgan fingerprint density at radius 1 is 1.18 bits per heavy atom. The fourth-order valence-electron chi connectivity index (χ4n) is 1.91. The van der Waals surface area contributed by atoms with E-state index in [0.29, 0.717) is 0 Å². The van der Waals surface area contributed by atoms with Crippen LogP contribution < -0.4 is 10.5 Å². The van der Waals surface area contributed by atoms with Crippen molar-refractivity contribution in [3.8, 4) is 0 Å². The summed E-state index contributed by atoms with van der Waals surface area (Å²) in [7, 11) is -1.29. The zero-order valence-corrected chi connectivity index (χ0v) is 13.7. The fraction of sp³-hybridized carbons (Fsp3) is 0.312. The second-order valence-electron chi connectivity index (χ2n) is 5.99. The molecule has 2 atom stereocenters. The van der Waals surface area contributed by atoms with Crippen molar-refractivity contribution in [3.63, 3.8) is 0 Å². The Kier molecular flexibility index (Phi) is 4.93. The first-order chi connectivity index (χ1) is 10.3. The first-order valence-electron chi connectivity index (χ1n) is 6.92. The molecule has 0 fully saturated rings. The predicted octanol–water partition coefficient (Wildman–Crippen LogP) is 2.94. The molecule has 3 N–H and O–H groups in total. The highest BCUT2D eigenvalue weighted by molar-refractivity contribution is 7.84. The van der Waals surface area contributed by atoms with Crippen LogP contribution in [0, 0.1) is 5.82 Å². The summed E-state index contributed by atoms with van der Waals surface area (Å²) in [5, 5.41) is 0. The average molecular weight is 321 g/mol. The second kappa shape index (κ2) is 6.54. The van der Waals surface area contributed by atoms with E-state index in [1.165, 1.54) is 6.07 Å². The molecule has 0 amide bonds. The lowest BCUT2D eigenvalue weighted by atomic mass is 10.00. The number of rotatable bonds is 4. The van der Waals surface area contributed by atoms with Gasteiger partial charge in [-0.2, -0.15) is 0 Å². The number of nitrogens with one attached hydrogen (secondary N) is 1. The number of hydrogen-bond donors (Lipinski definition) is 2. The molecule has 0 saturated heterocycles. The van der Waals surface area contributed by atoms with Crippen molar-refractivity contribution in [2.45, 2.75) is 31.6 Å². The highest BCUT2D eigenvalue weighted by Gasteiger charge is 2.25. The number of anilines is 1. The Morgan fingerprint density at radius 2 is 1.82 bits per heavy atom. The summed E-state index contributed by atoms with van der Waals surface area (Å²) in [6.07, 6.45) is 3.33. The van der Waals surface area contributed by atoms with Gasteiger partial charge in [-0.05, 0) is 56.2 Å². The van der Waals surface area contributed by atoms with E-state index in [0.717, 1.165) is 11.1 Å². The van der Waals surface area contributed by atoms with Crippen molar-refractivity contribution >= 4 is 16.7 Å². The molecular formula is C16H20FN3OS. The van der Waals surface area contributed by atoms with Crippen molar-refractivity contribution in [3.05, 3.63) is 59.7 Å². The van der Waals surface area contributed by atoms with Gasteiger partial charge in [0.2, 0.25) is 0 Å². The van der Waals surface area contributed by atoms with Crippen molar-refractivity contribution in [2.24, 2.45) is 0 Å². The number of pyridine rings is 1. The van der Waals surface area contributed by atoms with Gasteiger partial charge in [-0.3, -0.25) is 4.98 Å². The summed E-state index contributed by atoms with van der Waals surface area (Å²) in [6.45, 7) is 5.66. The molecule has 0 radical (unpaired) electrons. The molecule has 1 heterocycles. The third-order valence-electron chi connectivity index (χ3n) is 3.17. The summed E-state index contributed by atoms with van der Waals surface area (Å²) in [5.74, 6) is -0.464. The minimum atomic E-state index is -1.29. The Labute approximate surface area is 132 Å². The van der Waals surface area contributed by atoms with Gasteiger partial charge in [-0.25, -0.2) is 13.3 Å². The first kappa shape index (κ1) is 16.6. The zero-order chi connectivity index (χ0) is 16.3. The van der Waals surface area contributed by atoms with Gasteiger partial charge in [-0.15, -0.1) is 0 Å². The topological polar surface area (TPSA) is 68.0 Å². The molecule has 2 aromatic rings. The van der Waals surface area contributed by atoms with Crippen molar-refractivity contribution < 1.29 is 8.60 Å². The van der Waals surface area contributed by atoms with Crippen LogP contribution in [-0.2, 0) is 11.0 Å². The zero-order valence-electron chi connectivity index (χ0n) is 12.8. The van der Waals surface area contributed by atoms with Crippen LogP contribution in [0.1, 0.15) is 37.9 Å². The Bertz CT molecular complexity index is 671. The number of nitrogens with two attached hydrogens (primary N) is 1. The van der Waals surface area contributed by atoms with E-state index < -0.39 is 21.5 Å². The molecule has 1 aromatic carbocycles. The smallest absolute Gasteiger partial charge is 0.146 e. The van der Waals surface area contributed by atoms with E-state index in [2.05, 4.69) is 9.71 Å². The maximum Gasteiger partial charge on any atom is 0.146 e. The molecule has 0 bridgehead atoms. The molecule has 1 aromatic heterocycles. The molecule has 0 spiro atoms. The molecule has 2 rings (SSSR count). The van der Waals surface area contributed by atoms with Gasteiger partial charge in [0.1, 0.15) is 5.82 Å². The molecule has 6 heteroatoms. The Morgan fingerprint density at radius 3 is 2.36 bits per heavy atom. The molecule has 0 aliphatic carbocycles. The number of nitrogen functional groups attached to an aromatic ring is 1. The molecule has 0 aliphatic heterocycles. The van der Waals surface area contributed by atoms with Gasteiger partial charge < -0.3 is 5.73 Å².